The van der Waals surface area contributed by atoms with Crippen molar-refractivity contribution in [2.45, 2.75) is 33.6 Å². The highest BCUT2D eigenvalue weighted by Gasteiger charge is 2.13. The van der Waals surface area contributed by atoms with E-state index in [1.54, 1.807) is 7.05 Å². The SMILES string of the molecule is Cc1ccc(CCN(C)C(=O)CC(=O)O)c(C)c1C. The van der Waals surface area contributed by atoms with Crippen molar-refractivity contribution in [1.82, 2.24) is 4.90 Å². The van der Waals surface area contributed by atoms with Gasteiger partial charge in [-0.05, 0) is 49.4 Å². The largest absolute Gasteiger partial charge is 0.481 e. The third kappa shape index (κ3) is 4.09. The maximum Gasteiger partial charge on any atom is 0.312 e. The summed E-state index contributed by atoms with van der Waals surface area (Å²) in [6.07, 6.45) is 0.303. The molecular formula is C15H21NO3. The minimum atomic E-state index is -1.08. The van der Waals surface area contributed by atoms with Crippen molar-refractivity contribution in [3.8, 4) is 0 Å². The van der Waals surface area contributed by atoms with Crippen LogP contribution in [0.1, 0.15) is 28.7 Å². The van der Waals surface area contributed by atoms with E-state index < -0.39 is 12.4 Å². The molecular weight excluding hydrogens is 242 g/mol. The average Bonchev–Trinajstić information content (AvgIpc) is 2.34. The van der Waals surface area contributed by atoms with Crippen molar-refractivity contribution in [2.24, 2.45) is 0 Å². The molecule has 0 radical (unpaired) electrons. The zero-order valence-corrected chi connectivity index (χ0v) is 12.0. The summed E-state index contributed by atoms with van der Waals surface area (Å²) in [6, 6.07) is 4.16. The molecule has 0 bridgehead atoms. The van der Waals surface area contributed by atoms with E-state index in [4.69, 9.17) is 5.11 Å². The summed E-state index contributed by atoms with van der Waals surface area (Å²) >= 11 is 0. The van der Waals surface area contributed by atoms with Crippen LogP contribution in [0.25, 0.3) is 0 Å². The van der Waals surface area contributed by atoms with Gasteiger partial charge >= 0.3 is 5.97 Å². The standard InChI is InChI=1S/C15H21NO3/c1-10-5-6-13(12(3)11(10)2)7-8-16(4)14(17)9-15(18)19/h5-6H,7-9H2,1-4H3,(H,18,19). The highest BCUT2D eigenvalue weighted by atomic mass is 16.4. The summed E-state index contributed by atoms with van der Waals surface area (Å²) in [5.41, 5.74) is 4.99. The maximum atomic E-state index is 11.5. The molecule has 0 fully saturated rings. The Hall–Kier alpha value is -1.84. The number of hydrogen-bond acceptors (Lipinski definition) is 2. The van der Waals surface area contributed by atoms with Gasteiger partial charge in [-0.25, -0.2) is 0 Å². The van der Waals surface area contributed by atoms with Crippen LogP contribution in [0.2, 0.25) is 0 Å². The number of nitrogens with zero attached hydrogens (tertiary/aromatic N) is 1. The first-order valence-electron chi connectivity index (χ1n) is 6.34. The second-order valence-electron chi connectivity index (χ2n) is 4.93. The third-order valence-corrected chi connectivity index (χ3v) is 3.61. The minimum Gasteiger partial charge on any atom is -0.481 e. The third-order valence-electron chi connectivity index (χ3n) is 3.61. The van der Waals surface area contributed by atoms with Crippen molar-refractivity contribution in [1.29, 1.82) is 0 Å². The van der Waals surface area contributed by atoms with Crippen molar-refractivity contribution in [3.05, 3.63) is 34.4 Å². The van der Waals surface area contributed by atoms with Gasteiger partial charge in [-0.3, -0.25) is 9.59 Å². The fraction of sp³-hybridized carbons (Fsp3) is 0.467. The van der Waals surface area contributed by atoms with Gasteiger partial charge < -0.3 is 10.0 Å². The molecule has 1 aromatic carbocycles. The average molecular weight is 263 g/mol. The molecule has 0 atom stereocenters. The van der Waals surface area contributed by atoms with Crippen LogP contribution < -0.4 is 0 Å². The molecule has 0 aliphatic carbocycles. The first-order chi connectivity index (χ1) is 8.82. The number of aliphatic carboxylic acids is 1. The zero-order chi connectivity index (χ0) is 14.6. The number of aryl methyl sites for hydroxylation is 1. The summed E-state index contributed by atoms with van der Waals surface area (Å²) in [5.74, 6) is -1.44. The quantitative estimate of drug-likeness (QED) is 0.827. The van der Waals surface area contributed by atoms with E-state index in [0.29, 0.717) is 6.54 Å². The Morgan fingerprint density at radius 1 is 1.16 bits per heavy atom. The van der Waals surface area contributed by atoms with Crippen LogP contribution in [-0.4, -0.2) is 35.5 Å². The number of rotatable bonds is 5. The molecule has 4 heteroatoms. The lowest BCUT2D eigenvalue weighted by Crippen LogP contribution is -2.30. The second kappa shape index (κ2) is 6.36. The van der Waals surface area contributed by atoms with Crippen LogP contribution in [-0.2, 0) is 16.0 Å². The Bertz CT molecular complexity index is 494. The van der Waals surface area contributed by atoms with E-state index in [1.807, 2.05) is 0 Å². The lowest BCUT2D eigenvalue weighted by Gasteiger charge is -2.18. The predicted octanol–water partition coefficient (Wildman–Crippen LogP) is 2.09. The van der Waals surface area contributed by atoms with Crippen molar-refractivity contribution < 1.29 is 14.7 Å². The number of carboxylic acids is 1. The van der Waals surface area contributed by atoms with E-state index in [1.165, 1.54) is 27.2 Å². The normalized spacial score (nSPS) is 10.3. The van der Waals surface area contributed by atoms with Gasteiger partial charge in [-0.2, -0.15) is 0 Å². The van der Waals surface area contributed by atoms with Crippen molar-refractivity contribution in [3.63, 3.8) is 0 Å². The van der Waals surface area contributed by atoms with Gasteiger partial charge in [0.05, 0.1) is 0 Å². The Morgan fingerprint density at radius 3 is 2.37 bits per heavy atom. The molecule has 1 aromatic rings. The Balaban J connectivity index is 2.65. The molecule has 104 valence electrons. The number of likely N-dealkylation sites (N-methyl/N-ethyl adjacent to an activating group) is 1. The van der Waals surface area contributed by atoms with Gasteiger partial charge in [0, 0.05) is 13.6 Å². The van der Waals surface area contributed by atoms with E-state index in [-0.39, 0.29) is 5.91 Å². The van der Waals surface area contributed by atoms with E-state index in [9.17, 15) is 9.59 Å². The summed E-state index contributed by atoms with van der Waals surface area (Å²) in [4.78, 5) is 23.5. The van der Waals surface area contributed by atoms with Crippen LogP contribution in [0.5, 0.6) is 0 Å². The first kappa shape index (κ1) is 15.2. The topological polar surface area (TPSA) is 57.6 Å². The first-order valence-corrected chi connectivity index (χ1v) is 6.34. The van der Waals surface area contributed by atoms with Crippen molar-refractivity contribution >= 4 is 11.9 Å². The van der Waals surface area contributed by atoms with Gasteiger partial charge in [0.2, 0.25) is 5.91 Å². The van der Waals surface area contributed by atoms with Gasteiger partial charge in [-0.15, -0.1) is 0 Å². The number of amides is 1. The molecule has 4 nitrogen and oxygen atoms in total. The molecule has 0 heterocycles. The highest BCUT2D eigenvalue weighted by Crippen LogP contribution is 2.17. The fourth-order valence-electron chi connectivity index (χ4n) is 1.96. The highest BCUT2D eigenvalue weighted by molar-refractivity contribution is 5.93. The molecule has 1 rings (SSSR count). The molecule has 0 aliphatic rings. The van der Waals surface area contributed by atoms with Crippen LogP contribution in [0.3, 0.4) is 0 Å². The predicted molar refractivity (Wildman–Crippen MR) is 74.2 cm³/mol. The number of hydrogen-bond donors (Lipinski definition) is 1. The molecule has 0 aliphatic heterocycles. The zero-order valence-electron chi connectivity index (χ0n) is 12.0. The lowest BCUT2D eigenvalue weighted by molar-refractivity contribution is -0.143. The summed E-state index contributed by atoms with van der Waals surface area (Å²) in [5, 5.41) is 8.58. The smallest absolute Gasteiger partial charge is 0.312 e. The fourth-order valence-corrected chi connectivity index (χ4v) is 1.96. The Kier molecular flexibility index (Phi) is 5.10. The number of carbonyl (C=O) groups excluding carboxylic acids is 1. The maximum absolute atomic E-state index is 11.5. The van der Waals surface area contributed by atoms with Crippen LogP contribution >= 0.6 is 0 Å². The van der Waals surface area contributed by atoms with Crippen LogP contribution in [0.4, 0.5) is 0 Å². The molecule has 1 amide bonds. The van der Waals surface area contributed by atoms with Gasteiger partial charge in [0.15, 0.2) is 0 Å². The van der Waals surface area contributed by atoms with Gasteiger partial charge in [-0.1, -0.05) is 12.1 Å². The molecule has 0 saturated heterocycles. The van der Waals surface area contributed by atoms with Crippen LogP contribution in [0.15, 0.2) is 12.1 Å². The van der Waals surface area contributed by atoms with Gasteiger partial charge in [0.1, 0.15) is 6.42 Å². The van der Waals surface area contributed by atoms with Gasteiger partial charge in [0.25, 0.3) is 0 Å². The summed E-state index contributed by atoms with van der Waals surface area (Å²) in [6.45, 7) is 6.79. The monoisotopic (exact) mass is 263 g/mol. The Morgan fingerprint density at radius 2 is 1.79 bits per heavy atom. The Labute approximate surface area is 114 Å². The second-order valence-corrected chi connectivity index (χ2v) is 4.93. The van der Waals surface area contributed by atoms with E-state index in [2.05, 4.69) is 32.9 Å². The molecule has 0 aromatic heterocycles. The number of carboxylic acid groups (broad SMARTS) is 1. The molecule has 1 N–H and O–H groups in total. The van der Waals surface area contributed by atoms with Crippen molar-refractivity contribution in [2.75, 3.05) is 13.6 Å². The summed E-state index contributed by atoms with van der Waals surface area (Å²) < 4.78 is 0. The number of benzene rings is 1. The van der Waals surface area contributed by atoms with Crippen LogP contribution in [0, 0.1) is 20.8 Å². The molecule has 0 saturated carbocycles. The lowest BCUT2D eigenvalue weighted by atomic mass is 9.97. The van der Waals surface area contributed by atoms with E-state index >= 15 is 0 Å². The number of carbonyl (C=O) groups is 2. The molecule has 0 spiro atoms. The minimum absolute atomic E-state index is 0.353. The van der Waals surface area contributed by atoms with E-state index in [0.717, 1.165) is 6.42 Å². The summed E-state index contributed by atoms with van der Waals surface area (Å²) in [7, 11) is 1.64. The molecule has 19 heavy (non-hydrogen) atoms. The molecule has 0 unspecified atom stereocenters.